The summed E-state index contributed by atoms with van der Waals surface area (Å²) in [6, 6.07) is 7.22. The third kappa shape index (κ3) is 4.85. The van der Waals surface area contributed by atoms with Crippen LogP contribution in [0.3, 0.4) is 0 Å². The Bertz CT molecular complexity index is 847. The number of hydrogen-bond acceptors (Lipinski definition) is 5. The molecular weight excluding hydrogens is 384 g/mol. The second-order valence-electron chi connectivity index (χ2n) is 7.86. The molecule has 1 aromatic carbocycles. The molecule has 1 aliphatic rings. The lowest BCUT2D eigenvalue weighted by molar-refractivity contribution is -0.140. The Kier molecular flexibility index (Phi) is 7.03. The van der Waals surface area contributed by atoms with Gasteiger partial charge in [0, 0.05) is 13.1 Å². The molecule has 2 heterocycles. The summed E-state index contributed by atoms with van der Waals surface area (Å²) >= 11 is 1.65. The van der Waals surface area contributed by atoms with E-state index in [9.17, 15) is 9.59 Å². The molecule has 1 saturated heterocycles. The Labute approximate surface area is 176 Å². The summed E-state index contributed by atoms with van der Waals surface area (Å²) in [5.41, 5.74) is 11.2. The van der Waals surface area contributed by atoms with Crippen LogP contribution in [0.5, 0.6) is 0 Å². The third-order valence-electron chi connectivity index (χ3n) is 5.50. The molecule has 6 nitrogen and oxygen atoms in total. The van der Waals surface area contributed by atoms with E-state index in [0.717, 1.165) is 29.7 Å². The predicted octanol–water partition coefficient (Wildman–Crippen LogP) is 2.96. The monoisotopic (exact) mass is 414 g/mol. The number of benzene rings is 1. The first-order valence-corrected chi connectivity index (χ1v) is 11.2. The van der Waals surface area contributed by atoms with E-state index in [1.807, 2.05) is 31.5 Å². The number of thiazole rings is 1. The minimum Gasteiger partial charge on any atom is -0.350 e. The Morgan fingerprint density at radius 2 is 2.03 bits per heavy atom. The maximum atomic E-state index is 12.7. The number of likely N-dealkylation sites (tertiary alicyclic amines) is 1. The van der Waals surface area contributed by atoms with Gasteiger partial charge in [0.15, 0.2) is 0 Å². The molecule has 2 unspecified atom stereocenters. The van der Waals surface area contributed by atoms with Crippen molar-refractivity contribution in [3.8, 4) is 10.4 Å². The topological polar surface area (TPSA) is 88.3 Å². The van der Waals surface area contributed by atoms with Crippen molar-refractivity contribution >= 4 is 23.2 Å². The largest absolute Gasteiger partial charge is 0.350 e. The summed E-state index contributed by atoms with van der Waals surface area (Å²) in [5.74, 6) is -0.179. The maximum absolute atomic E-state index is 12.7. The highest BCUT2D eigenvalue weighted by atomic mass is 32.1. The second kappa shape index (κ2) is 9.50. The minimum atomic E-state index is -0.560. The van der Waals surface area contributed by atoms with Gasteiger partial charge >= 0.3 is 0 Å². The summed E-state index contributed by atoms with van der Waals surface area (Å²) in [6.45, 7) is 6.99. The normalized spacial score (nSPS) is 17.6. The number of carbonyl (C=O) groups excluding carboxylic acids is 2. The highest BCUT2D eigenvalue weighted by Gasteiger charge is 2.36. The molecule has 2 atom stereocenters. The molecule has 7 heteroatoms. The molecule has 2 amide bonds. The average Bonchev–Trinajstić information content (AvgIpc) is 3.40. The van der Waals surface area contributed by atoms with Crippen LogP contribution in [-0.2, 0) is 22.6 Å². The van der Waals surface area contributed by atoms with Gasteiger partial charge in [0.1, 0.15) is 6.04 Å². The molecule has 0 radical (unpaired) electrons. The number of aryl methyl sites for hydroxylation is 1. The number of rotatable bonds is 7. The molecule has 0 saturated carbocycles. The molecule has 3 rings (SSSR count). The smallest absolute Gasteiger partial charge is 0.243 e. The van der Waals surface area contributed by atoms with Crippen molar-refractivity contribution in [3.05, 3.63) is 41.0 Å². The van der Waals surface area contributed by atoms with Crippen molar-refractivity contribution in [3.63, 3.8) is 0 Å². The van der Waals surface area contributed by atoms with Crippen LogP contribution in [0.4, 0.5) is 0 Å². The molecule has 2 aromatic rings. The quantitative estimate of drug-likeness (QED) is 0.729. The van der Waals surface area contributed by atoms with Gasteiger partial charge < -0.3 is 16.0 Å². The van der Waals surface area contributed by atoms with Crippen LogP contribution in [0.1, 0.15) is 44.9 Å². The molecule has 3 N–H and O–H groups in total. The van der Waals surface area contributed by atoms with Crippen molar-refractivity contribution < 1.29 is 9.59 Å². The lowest BCUT2D eigenvalue weighted by Gasteiger charge is -2.28. The number of nitrogens with one attached hydrogen (secondary N) is 1. The Morgan fingerprint density at radius 3 is 2.69 bits per heavy atom. The first-order chi connectivity index (χ1) is 13.9. The molecule has 156 valence electrons. The molecule has 1 fully saturated rings. The van der Waals surface area contributed by atoms with Crippen molar-refractivity contribution in [1.29, 1.82) is 0 Å². The fraction of sp³-hybridized carbons (Fsp3) is 0.500. The van der Waals surface area contributed by atoms with E-state index in [-0.39, 0.29) is 17.7 Å². The van der Waals surface area contributed by atoms with Crippen LogP contribution in [-0.4, -0.2) is 40.3 Å². The lowest BCUT2D eigenvalue weighted by Crippen LogP contribution is -2.52. The highest BCUT2D eigenvalue weighted by molar-refractivity contribution is 7.13. The second-order valence-corrected chi connectivity index (χ2v) is 8.71. The SMILES string of the molecule is CCc1ncsc1-c1ccc(CNC(=O)C2CCCN2C(=O)C(N)C(C)C)cc1. The van der Waals surface area contributed by atoms with E-state index in [1.54, 1.807) is 16.2 Å². The Balaban J connectivity index is 1.59. The van der Waals surface area contributed by atoms with Crippen molar-refractivity contribution in [2.24, 2.45) is 11.7 Å². The highest BCUT2D eigenvalue weighted by Crippen LogP contribution is 2.28. The molecule has 1 aliphatic heterocycles. The molecule has 0 bridgehead atoms. The van der Waals surface area contributed by atoms with Crippen LogP contribution in [0.2, 0.25) is 0 Å². The van der Waals surface area contributed by atoms with Gasteiger partial charge in [-0.3, -0.25) is 9.59 Å². The fourth-order valence-corrected chi connectivity index (χ4v) is 4.51. The molecular formula is C22H30N4O2S. The summed E-state index contributed by atoms with van der Waals surface area (Å²) in [7, 11) is 0. The van der Waals surface area contributed by atoms with Gasteiger partial charge in [-0.05, 0) is 36.3 Å². The van der Waals surface area contributed by atoms with E-state index in [1.165, 1.54) is 4.88 Å². The van der Waals surface area contributed by atoms with Gasteiger partial charge in [-0.1, -0.05) is 45.0 Å². The van der Waals surface area contributed by atoms with Crippen molar-refractivity contribution in [1.82, 2.24) is 15.2 Å². The Hall–Kier alpha value is -2.25. The fourth-order valence-electron chi connectivity index (χ4n) is 3.62. The van der Waals surface area contributed by atoms with Gasteiger partial charge in [-0.25, -0.2) is 4.98 Å². The van der Waals surface area contributed by atoms with E-state index < -0.39 is 12.1 Å². The minimum absolute atomic E-state index is 0.0529. The van der Waals surface area contributed by atoms with Gasteiger partial charge in [0.2, 0.25) is 11.8 Å². The summed E-state index contributed by atoms with van der Waals surface area (Å²) < 4.78 is 0. The zero-order valence-electron chi connectivity index (χ0n) is 17.4. The average molecular weight is 415 g/mol. The van der Waals surface area contributed by atoms with E-state index in [4.69, 9.17) is 5.73 Å². The number of aromatic nitrogens is 1. The van der Waals surface area contributed by atoms with Crippen LogP contribution in [0.15, 0.2) is 29.8 Å². The number of nitrogens with zero attached hydrogens (tertiary/aromatic N) is 2. The predicted molar refractivity (Wildman–Crippen MR) is 116 cm³/mol. The molecule has 1 aromatic heterocycles. The zero-order chi connectivity index (χ0) is 21.0. The molecule has 29 heavy (non-hydrogen) atoms. The van der Waals surface area contributed by atoms with Crippen LogP contribution < -0.4 is 11.1 Å². The van der Waals surface area contributed by atoms with Crippen LogP contribution in [0.25, 0.3) is 10.4 Å². The van der Waals surface area contributed by atoms with Crippen LogP contribution in [0, 0.1) is 5.92 Å². The lowest BCUT2D eigenvalue weighted by atomic mass is 10.0. The van der Waals surface area contributed by atoms with Gasteiger partial charge in [0.25, 0.3) is 0 Å². The molecule has 0 spiro atoms. The number of nitrogens with two attached hydrogens (primary N) is 1. The van der Waals surface area contributed by atoms with Gasteiger partial charge in [0.05, 0.1) is 22.1 Å². The summed E-state index contributed by atoms with van der Waals surface area (Å²) in [4.78, 5) is 32.6. The van der Waals surface area contributed by atoms with Crippen molar-refractivity contribution in [2.45, 2.75) is 58.7 Å². The maximum Gasteiger partial charge on any atom is 0.243 e. The van der Waals surface area contributed by atoms with E-state index in [0.29, 0.717) is 19.5 Å². The van der Waals surface area contributed by atoms with E-state index in [2.05, 4.69) is 29.4 Å². The number of carbonyl (C=O) groups is 2. The number of hydrogen-bond donors (Lipinski definition) is 2. The Morgan fingerprint density at radius 1 is 1.31 bits per heavy atom. The van der Waals surface area contributed by atoms with Gasteiger partial charge in [-0.15, -0.1) is 11.3 Å². The first kappa shape index (κ1) is 21.5. The summed E-state index contributed by atoms with van der Waals surface area (Å²) in [5, 5.41) is 2.99. The zero-order valence-corrected chi connectivity index (χ0v) is 18.2. The van der Waals surface area contributed by atoms with Crippen molar-refractivity contribution in [2.75, 3.05) is 6.54 Å². The third-order valence-corrected chi connectivity index (χ3v) is 6.42. The van der Waals surface area contributed by atoms with Crippen LogP contribution >= 0.6 is 11.3 Å². The summed E-state index contributed by atoms with van der Waals surface area (Å²) in [6.07, 6.45) is 2.43. The molecule has 0 aliphatic carbocycles. The first-order valence-electron chi connectivity index (χ1n) is 10.3. The van der Waals surface area contributed by atoms with E-state index >= 15 is 0 Å². The number of amides is 2. The standard InChI is InChI=1S/C22H30N4O2S/c1-4-17-20(29-13-25-17)16-9-7-15(8-10-16)12-24-21(27)18-6-5-11-26(18)22(28)19(23)14(2)3/h7-10,13-14,18-19H,4-6,11-12,23H2,1-3H3,(H,24,27). The van der Waals surface area contributed by atoms with Gasteiger partial charge in [-0.2, -0.15) is 0 Å².